The number of nitrogens with one attached hydrogen (secondary N) is 1. The van der Waals surface area contributed by atoms with Gasteiger partial charge in [0.15, 0.2) is 0 Å². The van der Waals surface area contributed by atoms with E-state index in [2.05, 4.69) is 28.9 Å². The number of rotatable bonds is 5. The van der Waals surface area contributed by atoms with Gasteiger partial charge >= 0.3 is 0 Å². The number of hydrogen-bond acceptors (Lipinski definition) is 3. The highest BCUT2D eigenvalue weighted by molar-refractivity contribution is 5.88. The monoisotopic (exact) mass is 440 g/mol. The zero-order valence-corrected chi connectivity index (χ0v) is 18.6. The number of methoxy groups -OCH3 is 1. The number of likely N-dealkylation sites (tertiary alicyclic amines) is 1. The van der Waals surface area contributed by atoms with E-state index in [9.17, 15) is 13.9 Å². The summed E-state index contributed by atoms with van der Waals surface area (Å²) < 4.78 is 33.5. The number of aryl methyl sites for hydroxylation is 1. The molecule has 0 bridgehead atoms. The van der Waals surface area contributed by atoms with Gasteiger partial charge < -0.3 is 14.8 Å². The van der Waals surface area contributed by atoms with E-state index >= 15 is 0 Å². The molecular weight excluding hydrogens is 410 g/mol. The quantitative estimate of drug-likeness (QED) is 0.533. The van der Waals surface area contributed by atoms with Gasteiger partial charge in [0.1, 0.15) is 5.75 Å². The molecule has 4 nitrogen and oxygen atoms in total. The first kappa shape index (κ1) is 21.4. The van der Waals surface area contributed by atoms with Gasteiger partial charge in [-0.3, -0.25) is 4.90 Å². The van der Waals surface area contributed by atoms with Crippen LogP contribution in [0.1, 0.15) is 54.0 Å². The zero-order chi connectivity index (χ0) is 22.5. The Morgan fingerprint density at radius 1 is 1.19 bits per heavy atom. The molecule has 3 aromatic rings. The number of benzene rings is 2. The molecule has 1 aliphatic carbocycles. The molecule has 32 heavy (non-hydrogen) atoms. The summed E-state index contributed by atoms with van der Waals surface area (Å²) in [5.41, 5.74) is 5.07. The van der Waals surface area contributed by atoms with Crippen LogP contribution in [0.3, 0.4) is 0 Å². The number of hydrogen-bond donors (Lipinski definition) is 2. The molecule has 0 radical (unpaired) electrons. The Balaban J connectivity index is 1.50. The number of aliphatic hydroxyl groups is 1. The van der Waals surface area contributed by atoms with Crippen LogP contribution < -0.4 is 4.74 Å². The number of halogens is 2. The molecule has 1 aliphatic heterocycles. The zero-order valence-electron chi connectivity index (χ0n) is 18.6. The Morgan fingerprint density at radius 2 is 1.94 bits per heavy atom. The number of aliphatic hydroxyl groups excluding tert-OH is 1. The summed E-state index contributed by atoms with van der Waals surface area (Å²) >= 11 is 0. The minimum atomic E-state index is -2.52. The predicted octanol–water partition coefficient (Wildman–Crippen LogP) is 5.73. The molecule has 2 heterocycles. The van der Waals surface area contributed by atoms with E-state index in [1.165, 1.54) is 0 Å². The number of nitrogens with zero attached hydrogens (tertiary/aromatic N) is 1. The summed E-state index contributed by atoms with van der Waals surface area (Å²) in [6.45, 7) is 3.52. The second-order valence-electron chi connectivity index (χ2n) is 9.69. The van der Waals surface area contributed by atoms with Crippen molar-refractivity contribution in [1.82, 2.24) is 9.88 Å². The maximum atomic E-state index is 13.9. The highest BCUT2D eigenvalue weighted by Crippen LogP contribution is 2.60. The van der Waals surface area contributed by atoms with Crippen molar-refractivity contribution in [2.75, 3.05) is 13.7 Å². The molecule has 6 heteroatoms. The standard InChI is InChI=1S/C26H30F2N2O2/c1-17-11-23(32-2)21(20-7-9-29-24(17)20)13-30-10-8-25(15-26(27,28)16-25)12-22(30)19-5-3-18(14-31)4-6-19/h3-7,9,11,22,29,31H,8,10,12-16H2,1-2H3/t22-/m0/s1. The molecule has 5 rings (SSSR count). The Hall–Kier alpha value is -2.44. The minimum Gasteiger partial charge on any atom is -0.496 e. The van der Waals surface area contributed by atoms with Crippen LogP contribution in [0.2, 0.25) is 0 Å². The number of alkyl halides is 2. The van der Waals surface area contributed by atoms with Crippen molar-refractivity contribution in [1.29, 1.82) is 0 Å². The molecule has 0 unspecified atom stereocenters. The van der Waals surface area contributed by atoms with Crippen molar-refractivity contribution >= 4 is 10.9 Å². The van der Waals surface area contributed by atoms with Crippen LogP contribution in [-0.2, 0) is 13.2 Å². The fourth-order valence-corrected chi connectivity index (χ4v) is 5.89. The van der Waals surface area contributed by atoms with E-state index in [1.807, 2.05) is 30.5 Å². The Bertz CT molecular complexity index is 1110. The SMILES string of the molecule is COc1cc(C)c2[nH]ccc2c1CN1CCC2(C[C@H]1c1ccc(CO)cc1)CC(F)(F)C2. The van der Waals surface area contributed by atoms with Crippen LogP contribution >= 0.6 is 0 Å². The molecule has 2 aliphatic rings. The number of aromatic nitrogens is 1. The van der Waals surface area contributed by atoms with Gasteiger partial charge in [-0.05, 0) is 60.5 Å². The van der Waals surface area contributed by atoms with Crippen LogP contribution in [0.15, 0.2) is 42.6 Å². The van der Waals surface area contributed by atoms with Crippen LogP contribution in [-0.4, -0.2) is 34.6 Å². The Morgan fingerprint density at radius 3 is 2.59 bits per heavy atom. The third kappa shape index (κ3) is 3.69. The average Bonchev–Trinajstić information content (AvgIpc) is 3.26. The first-order chi connectivity index (χ1) is 15.3. The summed E-state index contributed by atoms with van der Waals surface area (Å²) in [6.07, 6.45) is 3.46. The topological polar surface area (TPSA) is 48.5 Å². The van der Waals surface area contributed by atoms with Gasteiger partial charge in [0.05, 0.1) is 13.7 Å². The summed E-state index contributed by atoms with van der Waals surface area (Å²) in [4.78, 5) is 5.74. The fraction of sp³-hybridized carbons (Fsp3) is 0.462. The molecule has 2 N–H and O–H groups in total. The van der Waals surface area contributed by atoms with Crippen molar-refractivity contribution < 1.29 is 18.6 Å². The first-order valence-corrected chi connectivity index (χ1v) is 11.3. The van der Waals surface area contributed by atoms with Crippen molar-refractivity contribution in [3.63, 3.8) is 0 Å². The van der Waals surface area contributed by atoms with Crippen molar-refractivity contribution in [2.45, 2.75) is 57.7 Å². The van der Waals surface area contributed by atoms with E-state index in [1.54, 1.807) is 7.11 Å². The second kappa shape index (κ2) is 7.85. The van der Waals surface area contributed by atoms with Gasteiger partial charge in [0, 0.05) is 48.1 Å². The van der Waals surface area contributed by atoms with Crippen LogP contribution in [0, 0.1) is 12.3 Å². The molecule has 1 saturated heterocycles. The maximum absolute atomic E-state index is 13.9. The van der Waals surface area contributed by atoms with Crippen LogP contribution in [0.4, 0.5) is 8.78 Å². The van der Waals surface area contributed by atoms with Gasteiger partial charge in [-0.25, -0.2) is 8.78 Å². The highest BCUT2D eigenvalue weighted by Gasteiger charge is 2.58. The first-order valence-electron chi connectivity index (χ1n) is 11.3. The van der Waals surface area contributed by atoms with E-state index in [0.29, 0.717) is 6.54 Å². The van der Waals surface area contributed by atoms with E-state index in [0.717, 1.165) is 58.3 Å². The largest absolute Gasteiger partial charge is 0.496 e. The van der Waals surface area contributed by atoms with Gasteiger partial charge in [0.2, 0.25) is 5.92 Å². The van der Waals surface area contributed by atoms with Gasteiger partial charge in [-0.1, -0.05) is 24.3 Å². The molecule has 1 spiro atoms. The number of aromatic amines is 1. The lowest BCUT2D eigenvalue weighted by Gasteiger charge is -2.54. The molecule has 2 fully saturated rings. The third-order valence-corrected chi connectivity index (χ3v) is 7.50. The van der Waals surface area contributed by atoms with Crippen molar-refractivity contribution in [3.05, 3.63) is 64.8 Å². The van der Waals surface area contributed by atoms with Gasteiger partial charge in [-0.15, -0.1) is 0 Å². The van der Waals surface area contributed by atoms with E-state index < -0.39 is 5.92 Å². The Kier molecular flexibility index (Phi) is 5.25. The van der Waals surface area contributed by atoms with Gasteiger partial charge in [0.25, 0.3) is 0 Å². The average molecular weight is 441 g/mol. The lowest BCUT2D eigenvalue weighted by Crippen LogP contribution is -2.53. The normalized spacial score (nSPS) is 22.2. The molecule has 170 valence electrons. The Labute approximate surface area is 187 Å². The number of ether oxygens (including phenoxy) is 1. The van der Waals surface area contributed by atoms with Crippen LogP contribution in [0.25, 0.3) is 10.9 Å². The number of piperidine rings is 1. The molecule has 1 aromatic heterocycles. The van der Waals surface area contributed by atoms with Crippen molar-refractivity contribution in [2.24, 2.45) is 5.41 Å². The maximum Gasteiger partial charge on any atom is 0.249 e. The minimum absolute atomic E-state index is 0.00312. The molecule has 1 saturated carbocycles. The summed E-state index contributed by atoms with van der Waals surface area (Å²) in [5, 5.41) is 10.6. The number of fused-ring (bicyclic) bond motifs is 1. The van der Waals surface area contributed by atoms with Crippen molar-refractivity contribution in [3.8, 4) is 5.75 Å². The van der Waals surface area contributed by atoms with Crippen LogP contribution in [0.5, 0.6) is 5.75 Å². The van der Waals surface area contributed by atoms with Gasteiger partial charge in [-0.2, -0.15) is 0 Å². The molecular formula is C26H30F2N2O2. The molecule has 2 aromatic carbocycles. The third-order valence-electron chi connectivity index (χ3n) is 7.50. The summed E-state index contributed by atoms with van der Waals surface area (Å²) in [7, 11) is 1.70. The highest BCUT2D eigenvalue weighted by atomic mass is 19.3. The summed E-state index contributed by atoms with van der Waals surface area (Å²) in [5.74, 6) is -1.66. The van der Waals surface area contributed by atoms with E-state index in [-0.39, 0.29) is 30.9 Å². The summed E-state index contributed by atoms with van der Waals surface area (Å²) in [6, 6.07) is 12.1. The molecule has 0 amide bonds. The molecule has 1 atom stereocenters. The van der Waals surface area contributed by atoms with E-state index in [4.69, 9.17) is 4.74 Å². The lowest BCUT2D eigenvalue weighted by atomic mass is 9.59. The number of H-pyrrole nitrogens is 1. The fourth-order valence-electron chi connectivity index (χ4n) is 5.89. The lowest BCUT2D eigenvalue weighted by molar-refractivity contribution is -0.186. The predicted molar refractivity (Wildman–Crippen MR) is 121 cm³/mol. The second-order valence-corrected chi connectivity index (χ2v) is 9.69. The smallest absolute Gasteiger partial charge is 0.249 e.